The van der Waals surface area contributed by atoms with Crippen molar-refractivity contribution in [3.05, 3.63) is 28.8 Å². The van der Waals surface area contributed by atoms with Gasteiger partial charge in [0.25, 0.3) is 0 Å². The number of morpholine rings is 1. The summed E-state index contributed by atoms with van der Waals surface area (Å²) in [6.07, 6.45) is 0.546. The molecule has 0 aliphatic carbocycles. The molecule has 0 aromatic heterocycles. The minimum Gasteiger partial charge on any atom is -0.507 e. The molecular weight excluding hydrogens is 298 g/mol. The molecule has 1 aromatic carbocycles. The number of phenolic OH excluding ortho intramolecular Hbond substituents is 1. The first-order valence-electron chi connectivity index (χ1n) is 9.12. The van der Waals surface area contributed by atoms with E-state index in [9.17, 15) is 5.11 Å². The number of benzene rings is 1. The Balaban J connectivity index is 2.39. The highest BCUT2D eigenvalue weighted by Crippen LogP contribution is 2.40. The molecule has 1 heterocycles. The lowest BCUT2D eigenvalue weighted by Crippen LogP contribution is -2.44. The number of rotatable bonds is 2. The van der Waals surface area contributed by atoms with Crippen molar-refractivity contribution in [1.82, 2.24) is 4.90 Å². The molecule has 0 amide bonds. The second kappa shape index (κ2) is 6.68. The quantitative estimate of drug-likeness (QED) is 0.859. The van der Waals surface area contributed by atoms with Crippen LogP contribution >= 0.6 is 0 Å². The zero-order valence-electron chi connectivity index (χ0n) is 16.7. The summed E-state index contributed by atoms with van der Waals surface area (Å²) in [4.78, 5) is 2.46. The van der Waals surface area contributed by atoms with Gasteiger partial charge >= 0.3 is 0 Å². The van der Waals surface area contributed by atoms with Crippen LogP contribution in [0.15, 0.2) is 12.1 Å². The average Bonchev–Trinajstić information content (AvgIpc) is 2.36. The van der Waals surface area contributed by atoms with E-state index in [2.05, 4.69) is 72.4 Å². The Morgan fingerprint density at radius 2 is 1.38 bits per heavy atom. The second-order valence-corrected chi connectivity index (χ2v) is 9.49. The molecule has 0 bridgehead atoms. The normalized spacial score (nSPS) is 23.5. The third-order valence-corrected chi connectivity index (χ3v) is 4.69. The molecule has 1 aromatic rings. The molecule has 0 radical (unpaired) electrons. The first-order valence-corrected chi connectivity index (χ1v) is 9.12. The largest absolute Gasteiger partial charge is 0.507 e. The molecule has 0 spiro atoms. The topological polar surface area (TPSA) is 32.7 Å². The molecular formula is C21H35NO2. The highest BCUT2D eigenvalue weighted by molar-refractivity contribution is 5.49. The smallest absolute Gasteiger partial charge is 0.123 e. The van der Waals surface area contributed by atoms with Crippen LogP contribution in [0.4, 0.5) is 0 Å². The first-order chi connectivity index (χ1) is 10.9. The monoisotopic (exact) mass is 333 g/mol. The van der Waals surface area contributed by atoms with Crippen LogP contribution < -0.4 is 0 Å². The van der Waals surface area contributed by atoms with Gasteiger partial charge in [-0.1, -0.05) is 53.7 Å². The molecule has 3 heteroatoms. The minimum absolute atomic E-state index is 0.0777. The summed E-state index contributed by atoms with van der Waals surface area (Å²) in [5.74, 6) is 0.461. The van der Waals surface area contributed by atoms with Crippen LogP contribution in [-0.4, -0.2) is 35.3 Å². The van der Waals surface area contributed by atoms with Crippen LogP contribution in [0.5, 0.6) is 5.75 Å². The summed E-state index contributed by atoms with van der Waals surface area (Å²) in [5, 5.41) is 10.8. The molecule has 1 saturated heterocycles. The SMILES string of the molecule is C[C@H]1CN(Cc2cc(C(C)(C)C)c(O)c(C(C)(C)C)c2)C[C@H](C)O1. The van der Waals surface area contributed by atoms with E-state index in [0.29, 0.717) is 5.75 Å². The Hall–Kier alpha value is -1.06. The van der Waals surface area contributed by atoms with Crippen molar-refractivity contribution in [2.24, 2.45) is 0 Å². The second-order valence-electron chi connectivity index (χ2n) is 9.49. The van der Waals surface area contributed by atoms with E-state index in [-0.39, 0.29) is 23.0 Å². The summed E-state index contributed by atoms with van der Waals surface area (Å²) in [7, 11) is 0. The van der Waals surface area contributed by atoms with Gasteiger partial charge in [-0.25, -0.2) is 0 Å². The van der Waals surface area contributed by atoms with Crippen LogP contribution in [0, 0.1) is 0 Å². The van der Waals surface area contributed by atoms with E-state index < -0.39 is 0 Å². The number of hydrogen-bond acceptors (Lipinski definition) is 3. The first kappa shape index (κ1) is 19.3. The fraction of sp³-hybridized carbons (Fsp3) is 0.714. The summed E-state index contributed by atoms with van der Waals surface area (Å²) < 4.78 is 5.85. The third-order valence-electron chi connectivity index (χ3n) is 4.69. The predicted molar refractivity (Wildman–Crippen MR) is 101 cm³/mol. The Kier molecular flexibility index (Phi) is 5.37. The van der Waals surface area contributed by atoms with Crippen molar-refractivity contribution in [3.8, 4) is 5.75 Å². The molecule has 24 heavy (non-hydrogen) atoms. The fourth-order valence-electron chi connectivity index (χ4n) is 3.60. The minimum atomic E-state index is -0.0777. The molecule has 2 atom stereocenters. The van der Waals surface area contributed by atoms with Gasteiger partial charge < -0.3 is 9.84 Å². The van der Waals surface area contributed by atoms with Crippen molar-refractivity contribution >= 4 is 0 Å². The summed E-state index contributed by atoms with van der Waals surface area (Å²) in [5.41, 5.74) is 3.21. The van der Waals surface area contributed by atoms with Gasteiger partial charge in [0.05, 0.1) is 12.2 Å². The highest BCUT2D eigenvalue weighted by Gasteiger charge is 2.28. The van der Waals surface area contributed by atoms with E-state index in [1.54, 1.807) is 0 Å². The van der Waals surface area contributed by atoms with E-state index >= 15 is 0 Å². The zero-order chi connectivity index (χ0) is 18.3. The number of nitrogens with zero attached hydrogens (tertiary/aromatic N) is 1. The Morgan fingerprint density at radius 1 is 0.958 bits per heavy atom. The van der Waals surface area contributed by atoms with Crippen molar-refractivity contribution in [2.75, 3.05) is 13.1 Å². The molecule has 1 N–H and O–H groups in total. The standard InChI is InChI=1S/C21H35NO2/c1-14-11-22(12-15(2)24-14)13-16-9-17(20(3,4)5)19(23)18(10-16)21(6,7)8/h9-10,14-15,23H,11-13H2,1-8H3/t14-,15-/m0/s1. The van der Waals surface area contributed by atoms with Gasteiger partial charge in [0.15, 0.2) is 0 Å². The van der Waals surface area contributed by atoms with Crippen LogP contribution in [0.3, 0.4) is 0 Å². The highest BCUT2D eigenvalue weighted by atomic mass is 16.5. The van der Waals surface area contributed by atoms with E-state index in [1.165, 1.54) is 5.56 Å². The van der Waals surface area contributed by atoms with E-state index in [0.717, 1.165) is 30.8 Å². The zero-order valence-corrected chi connectivity index (χ0v) is 16.7. The third kappa shape index (κ3) is 4.52. The van der Waals surface area contributed by atoms with Crippen molar-refractivity contribution < 1.29 is 9.84 Å². The van der Waals surface area contributed by atoms with Gasteiger partial charge in [0, 0.05) is 19.6 Å². The van der Waals surface area contributed by atoms with Gasteiger partial charge in [-0.2, -0.15) is 0 Å². The average molecular weight is 334 g/mol. The van der Waals surface area contributed by atoms with E-state index in [1.807, 2.05) is 0 Å². The fourth-order valence-corrected chi connectivity index (χ4v) is 3.60. The van der Waals surface area contributed by atoms with Gasteiger partial charge in [-0.05, 0) is 41.4 Å². The number of ether oxygens (including phenoxy) is 1. The Labute approximate surface area is 148 Å². The molecule has 3 nitrogen and oxygen atoms in total. The number of hydrogen-bond donors (Lipinski definition) is 1. The van der Waals surface area contributed by atoms with Crippen LogP contribution in [0.1, 0.15) is 72.1 Å². The maximum Gasteiger partial charge on any atom is 0.123 e. The molecule has 1 aliphatic heterocycles. The van der Waals surface area contributed by atoms with Crippen LogP contribution in [0.2, 0.25) is 0 Å². The molecule has 1 aliphatic rings. The predicted octanol–water partition coefficient (Wildman–Crippen LogP) is 4.60. The van der Waals surface area contributed by atoms with Crippen molar-refractivity contribution in [1.29, 1.82) is 0 Å². The summed E-state index contributed by atoms with van der Waals surface area (Å²) >= 11 is 0. The molecule has 136 valence electrons. The van der Waals surface area contributed by atoms with Gasteiger partial charge in [-0.3, -0.25) is 4.90 Å². The lowest BCUT2D eigenvalue weighted by Gasteiger charge is -2.36. The van der Waals surface area contributed by atoms with Crippen LogP contribution in [0.25, 0.3) is 0 Å². The number of aromatic hydroxyl groups is 1. The maximum absolute atomic E-state index is 10.8. The maximum atomic E-state index is 10.8. The van der Waals surface area contributed by atoms with Crippen molar-refractivity contribution in [3.63, 3.8) is 0 Å². The Bertz CT molecular complexity index is 535. The molecule has 2 rings (SSSR count). The molecule has 0 saturated carbocycles. The lowest BCUT2D eigenvalue weighted by molar-refractivity contribution is -0.0705. The lowest BCUT2D eigenvalue weighted by atomic mass is 9.78. The summed E-state index contributed by atoms with van der Waals surface area (Å²) in [6, 6.07) is 4.38. The van der Waals surface area contributed by atoms with Gasteiger partial charge in [0.2, 0.25) is 0 Å². The van der Waals surface area contributed by atoms with Crippen LogP contribution in [-0.2, 0) is 22.1 Å². The molecule has 1 fully saturated rings. The van der Waals surface area contributed by atoms with E-state index in [4.69, 9.17) is 4.74 Å². The van der Waals surface area contributed by atoms with Gasteiger partial charge in [0.1, 0.15) is 5.75 Å². The summed E-state index contributed by atoms with van der Waals surface area (Å²) in [6.45, 7) is 20.1. The Morgan fingerprint density at radius 3 is 1.75 bits per heavy atom. The van der Waals surface area contributed by atoms with Gasteiger partial charge in [-0.15, -0.1) is 0 Å². The number of phenols is 1. The molecule has 0 unspecified atom stereocenters. The van der Waals surface area contributed by atoms with Crippen molar-refractivity contribution in [2.45, 2.75) is 85.0 Å².